The molecule has 1 N–H and O–H groups in total. The molecule has 0 bridgehead atoms. The third-order valence-corrected chi connectivity index (χ3v) is 4.12. The molecule has 18 heavy (non-hydrogen) atoms. The van der Waals surface area contributed by atoms with E-state index in [1.165, 1.54) is 4.88 Å². The van der Waals surface area contributed by atoms with Crippen molar-refractivity contribution >= 4 is 28.8 Å². The van der Waals surface area contributed by atoms with E-state index in [-0.39, 0.29) is 22.3 Å². The normalized spacial score (nSPS) is 11.5. The van der Waals surface area contributed by atoms with E-state index >= 15 is 0 Å². The molecule has 0 spiro atoms. The zero-order chi connectivity index (χ0) is 13.2. The standard InChI is InChI=1S/C13H14ClNO2S/c1-13(2,10-4-3-7-18-10)8-15-12(16)9-5-6-11(14)17-9/h3-7H,8H2,1-2H3,(H,15,16). The van der Waals surface area contributed by atoms with Gasteiger partial charge in [-0.25, -0.2) is 0 Å². The van der Waals surface area contributed by atoms with E-state index in [9.17, 15) is 4.79 Å². The Morgan fingerprint density at radius 3 is 2.78 bits per heavy atom. The first-order valence-electron chi connectivity index (χ1n) is 5.56. The highest BCUT2D eigenvalue weighted by molar-refractivity contribution is 7.10. The lowest BCUT2D eigenvalue weighted by atomic mass is 9.91. The van der Waals surface area contributed by atoms with Crippen LogP contribution in [0.5, 0.6) is 0 Å². The van der Waals surface area contributed by atoms with Gasteiger partial charge in [0.15, 0.2) is 11.0 Å². The van der Waals surface area contributed by atoms with Gasteiger partial charge in [-0.15, -0.1) is 11.3 Å². The van der Waals surface area contributed by atoms with Crippen molar-refractivity contribution in [1.82, 2.24) is 5.32 Å². The van der Waals surface area contributed by atoms with Gasteiger partial charge >= 0.3 is 0 Å². The summed E-state index contributed by atoms with van der Waals surface area (Å²) in [4.78, 5) is 13.1. The van der Waals surface area contributed by atoms with Crippen LogP contribution in [-0.2, 0) is 5.41 Å². The van der Waals surface area contributed by atoms with Gasteiger partial charge in [0.1, 0.15) is 0 Å². The van der Waals surface area contributed by atoms with Crippen molar-refractivity contribution in [3.05, 3.63) is 45.5 Å². The largest absolute Gasteiger partial charge is 0.440 e. The molecular weight excluding hydrogens is 270 g/mol. The number of furan rings is 1. The number of hydrogen-bond acceptors (Lipinski definition) is 3. The second kappa shape index (κ2) is 5.16. The van der Waals surface area contributed by atoms with E-state index in [2.05, 4.69) is 25.2 Å². The molecule has 0 aliphatic carbocycles. The maximum absolute atomic E-state index is 11.8. The van der Waals surface area contributed by atoms with Gasteiger partial charge in [-0.1, -0.05) is 19.9 Å². The highest BCUT2D eigenvalue weighted by atomic mass is 35.5. The molecule has 3 nitrogen and oxygen atoms in total. The average Bonchev–Trinajstić information content (AvgIpc) is 2.96. The highest BCUT2D eigenvalue weighted by Crippen LogP contribution is 2.26. The molecular formula is C13H14ClNO2S. The number of rotatable bonds is 4. The van der Waals surface area contributed by atoms with Crippen molar-refractivity contribution < 1.29 is 9.21 Å². The molecule has 2 heterocycles. The van der Waals surface area contributed by atoms with E-state index < -0.39 is 0 Å². The fourth-order valence-electron chi connectivity index (χ4n) is 1.58. The van der Waals surface area contributed by atoms with Crippen molar-refractivity contribution in [2.75, 3.05) is 6.54 Å². The van der Waals surface area contributed by atoms with E-state index in [0.29, 0.717) is 6.54 Å². The smallest absolute Gasteiger partial charge is 0.287 e. The van der Waals surface area contributed by atoms with Crippen LogP contribution in [0.15, 0.2) is 34.1 Å². The van der Waals surface area contributed by atoms with Gasteiger partial charge in [-0.2, -0.15) is 0 Å². The van der Waals surface area contributed by atoms with E-state index in [4.69, 9.17) is 16.0 Å². The predicted molar refractivity (Wildman–Crippen MR) is 73.4 cm³/mol. The van der Waals surface area contributed by atoms with Crippen molar-refractivity contribution in [2.45, 2.75) is 19.3 Å². The Hall–Kier alpha value is -1.26. The van der Waals surface area contributed by atoms with Crippen molar-refractivity contribution in [3.63, 3.8) is 0 Å². The Kier molecular flexibility index (Phi) is 3.78. The summed E-state index contributed by atoms with van der Waals surface area (Å²) in [6, 6.07) is 7.20. The number of nitrogens with one attached hydrogen (secondary N) is 1. The molecule has 2 rings (SSSR count). The molecule has 1 amide bonds. The summed E-state index contributed by atoms with van der Waals surface area (Å²) in [5.74, 6) is -0.00601. The summed E-state index contributed by atoms with van der Waals surface area (Å²) < 4.78 is 5.06. The van der Waals surface area contributed by atoms with Crippen LogP contribution in [-0.4, -0.2) is 12.5 Å². The minimum absolute atomic E-state index is 0.0970. The summed E-state index contributed by atoms with van der Waals surface area (Å²) in [6.45, 7) is 4.73. The topological polar surface area (TPSA) is 42.2 Å². The fourth-order valence-corrected chi connectivity index (χ4v) is 2.57. The van der Waals surface area contributed by atoms with Gasteiger partial charge in [0.05, 0.1) is 0 Å². The summed E-state index contributed by atoms with van der Waals surface area (Å²) in [5, 5.41) is 5.11. The number of hydrogen-bond donors (Lipinski definition) is 1. The Balaban J connectivity index is 1.98. The molecule has 0 unspecified atom stereocenters. The first kappa shape index (κ1) is 13.2. The minimum Gasteiger partial charge on any atom is -0.440 e. The van der Waals surface area contributed by atoms with Crippen LogP contribution < -0.4 is 5.32 Å². The summed E-state index contributed by atoms with van der Waals surface area (Å²) in [6.07, 6.45) is 0. The van der Waals surface area contributed by atoms with Crippen LogP contribution in [0.1, 0.15) is 29.3 Å². The zero-order valence-electron chi connectivity index (χ0n) is 10.2. The third-order valence-electron chi connectivity index (χ3n) is 2.68. The van der Waals surface area contributed by atoms with Crippen LogP contribution in [0, 0.1) is 0 Å². The molecule has 2 aromatic rings. The second-order valence-electron chi connectivity index (χ2n) is 4.65. The minimum atomic E-state index is -0.244. The first-order valence-corrected chi connectivity index (χ1v) is 6.82. The third kappa shape index (κ3) is 2.94. The van der Waals surface area contributed by atoms with Gasteiger partial charge in [0, 0.05) is 16.8 Å². The first-order chi connectivity index (χ1) is 8.49. The van der Waals surface area contributed by atoms with E-state index in [1.54, 1.807) is 23.5 Å². The quantitative estimate of drug-likeness (QED) is 0.929. The maximum Gasteiger partial charge on any atom is 0.287 e. The number of carbonyl (C=O) groups is 1. The summed E-state index contributed by atoms with van der Waals surface area (Å²) >= 11 is 7.32. The lowest BCUT2D eigenvalue weighted by Gasteiger charge is -2.23. The van der Waals surface area contributed by atoms with Crippen LogP contribution in [0.4, 0.5) is 0 Å². The van der Waals surface area contributed by atoms with E-state index in [1.807, 2.05) is 11.4 Å². The Bertz CT molecular complexity index is 531. The summed E-state index contributed by atoms with van der Waals surface area (Å²) in [5.41, 5.74) is -0.0970. The molecule has 0 aliphatic rings. The lowest BCUT2D eigenvalue weighted by molar-refractivity contribution is 0.0918. The van der Waals surface area contributed by atoms with Gasteiger partial charge in [-0.3, -0.25) is 4.79 Å². The molecule has 0 saturated heterocycles. The highest BCUT2D eigenvalue weighted by Gasteiger charge is 2.23. The van der Waals surface area contributed by atoms with Gasteiger partial charge in [0.2, 0.25) is 0 Å². The van der Waals surface area contributed by atoms with Crippen molar-refractivity contribution in [1.29, 1.82) is 0 Å². The molecule has 0 saturated carbocycles. The van der Waals surface area contributed by atoms with Crippen molar-refractivity contribution in [3.8, 4) is 0 Å². The van der Waals surface area contributed by atoms with Crippen LogP contribution in [0.25, 0.3) is 0 Å². The van der Waals surface area contributed by atoms with Crippen LogP contribution >= 0.6 is 22.9 Å². The van der Waals surface area contributed by atoms with Crippen molar-refractivity contribution in [2.24, 2.45) is 0 Å². The second-order valence-corrected chi connectivity index (χ2v) is 5.97. The SMILES string of the molecule is CC(C)(CNC(=O)c1ccc(Cl)o1)c1cccs1. The van der Waals surface area contributed by atoms with Gasteiger partial charge < -0.3 is 9.73 Å². The molecule has 0 fully saturated rings. The molecule has 0 atom stereocenters. The Morgan fingerprint density at radius 1 is 1.44 bits per heavy atom. The number of halogens is 1. The summed E-state index contributed by atoms with van der Waals surface area (Å²) in [7, 11) is 0. The lowest BCUT2D eigenvalue weighted by Crippen LogP contribution is -2.36. The molecule has 2 aromatic heterocycles. The van der Waals surface area contributed by atoms with Gasteiger partial charge in [0.25, 0.3) is 5.91 Å². The predicted octanol–water partition coefficient (Wildman–Crippen LogP) is 3.70. The molecule has 5 heteroatoms. The molecule has 0 aliphatic heterocycles. The van der Waals surface area contributed by atoms with E-state index in [0.717, 1.165) is 0 Å². The Morgan fingerprint density at radius 2 is 2.22 bits per heavy atom. The number of amides is 1. The van der Waals surface area contributed by atoms with Gasteiger partial charge in [-0.05, 0) is 35.2 Å². The van der Waals surface area contributed by atoms with Crippen LogP contribution in [0.3, 0.4) is 0 Å². The Labute approximate surface area is 115 Å². The average molecular weight is 284 g/mol. The number of thiophene rings is 1. The molecule has 0 aromatic carbocycles. The fraction of sp³-hybridized carbons (Fsp3) is 0.308. The maximum atomic E-state index is 11.8. The zero-order valence-corrected chi connectivity index (χ0v) is 11.8. The number of carbonyl (C=O) groups excluding carboxylic acids is 1. The molecule has 0 radical (unpaired) electrons. The van der Waals surface area contributed by atoms with Crippen LogP contribution in [0.2, 0.25) is 5.22 Å². The molecule has 96 valence electrons. The monoisotopic (exact) mass is 283 g/mol.